The Morgan fingerprint density at radius 3 is 2.61 bits per heavy atom. The average Bonchev–Trinajstić information content (AvgIpc) is 2.46. The van der Waals surface area contributed by atoms with Crippen LogP contribution < -0.4 is 9.64 Å². The van der Waals surface area contributed by atoms with Crippen LogP contribution in [0.2, 0.25) is 0 Å². The van der Waals surface area contributed by atoms with Gasteiger partial charge in [-0.1, -0.05) is 12.1 Å². The average molecular weight is 264 g/mol. The molecule has 18 heavy (non-hydrogen) atoms. The molecule has 0 saturated heterocycles. The minimum atomic E-state index is 0.367. The molecule has 0 bridgehead atoms. The summed E-state index contributed by atoms with van der Waals surface area (Å²) in [6, 6.07) is 7.76. The third kappa shape index (κ3) is 2.54. The minimum Gasteiger partial charge on any atom is -0.495 e. The molecule has 0 amide bonds. The zero-order valence-electron chi connectivity index (χ0n) is 10.3. The quantitative estimate of drug-likeness (QED) is 0.795. The van der Waals surface area contributed by atoms with Crippen molar-refractivity contribution in [2.24, 2.45) is 0 Å². The van der Waals surface area contributed by atoms with Gasteiger partial charge in [0, 0.05) is 7.05 Å². The highest BCUT2D eigenvalue weighted by molar-refractivity contribution is 6.16. The lowest BCUT2D eigenvalue weighted by molar-refractivity contribution is 0.415. The predicted molar refractivity (Wildman–Crippen MR) is 72.6 cm³/mol. The van der Waals surface area contributed by atoms with Gasteiger partial charge in [-0.15, -0.1) is 11.6 Å². The highest BCUT2D eigenvalue weighted by Gasteiger charge is 2.10. The minimum absolute atomic E-state index is 0.367. The van der Waals surface area contributed by atoms with Gasteiger partial charge in [0.05, 0.1) is 36.8 Å². The van der Waals surface area contributed by atoms with Crippen molar-refractivity contribution in [3.05, 3.63) is 42.4 Å². The normalized spacial score (nSPS) is 10.2. The zero-order chi connectivity index (χ0) is 13.0. The van der Waals surface area contributed by atoms with E-state index in [4.69, 9.17) is 16.3 Å². The van der Waals surface area contributed by atoms with Gasteiger partial charge in [-0.25, -0.2) is 4.98 Å². The van der Waals surface area contributed by atoms with Crippen LogP contribution in [-0.4, -0.2) is 24.1 Å². The van der Waals surface area contributed by atoms with Crippen LogP contribution >= 0.6 is 11.6 Å². The highest BCUT2D eigenvalue weighted by Crippen LogP contribution is 2.30. The molecule has 0 radical (unpaired) electrons. The number of hydrogen-bond donors (Lipinski definition) is 0. The molecule has 0 spiro atoms. The van der Waals surface area contributed by atoms with Gasteiger partial charge in [0.15, 0.2) is 5.82 Å². The summed E-state index contributed by atoms with van der Waals surface area (Å²) in [6.45, 7) is 0. The molecule has 1 aromatic carbocycles. The molecule has 0 aliphatic carbocycles. The van der Waals surface area contributed by atoms with Crippen LogP contribution in [0.3, 0.4) is 0 Å². The third-order valence-electron chi connectivity index (χ3n) is 2.62. The van der Waals surface area contributed by atoms with Crippen LogP contribution in [0.25, 0.3) is 0 Å². The SMILES string of the molecule is COc1ccccc1N(C)c1cnc(CCl)cn1. The monoisotopic (exact) mass is 263 g/mol. The van der Waals surface area contributed by atoms with Crippen molar-refractivity contribution in [2.75, 3.05) is 19.1 Å². The second kappa shape index (κ2) is 5.69. The number of aromatic nitrogens is 2. The zero-order valence-corrected chi connectivity index (χ0v) is 11.1. The van der Waals surface area contributed by atoms with E-state index in [-0.39, 0.29) is 0 Å². The van der Waals surface area contributed by atoms with Gasteiger partial charge in [0.25, 0.3) is 0 Å². The van der Waals surface area contributed by atoms with E-state index in [0.717, 1.165) is 22.9 Å². The van der Waals surface area contributed by atoms with Crippen molar-refractivity contribution >= 4 is 23.1 Å². The number of alkyl halides is 1. The second-order valence-electron chi connectivity index (χ2n) is 3.73. The third-order valence-corrected chi connectivity index (χ3v) is 2.89. The summed E-state index contributed by atoms with van der Waals surface area (Å²) < 4.78 is 5.32. The first-order valence-electron chi connectivity index (χ1n) is 5.50. The summed E-state index contributed by atoms with van der Waals surface area (Å²) in [5, 5.41) is 0. The molecule has 94 valence electrons. The maximum Gasteiger partial charge on any atom is 0.151 e. The van der Waals surface area contributed by atoms with Crippen LogP contribution in [-0.2, 0) is 5.88 Å². The maximum absolute atomic E-state index is 5.69. The number of methoxy groups -OCH3 is 1. The van der Waals surface area contributed by atoms with E-state index in [9.17, 15) is 0 Å². The second-order valence-corrected chi connectivity index (χ2v) is 4.00. The molecule has 5 heteroatoms. The number of nitrogens with zero attached hydrogens (tertiary/aromatic N) is 3. The Kier molecular flexibility index (Phi) is 3.99. The fourth-order valence-electron chi connectivity index (χ4n) is 1.62. The summed E-state index contributed by atoms with van der Waals surface area (Å²) >= 11 is 5.69. The number of benzene rings is 1. The molecule has 4 nitrogen and oxygen atoms in total. The van der Waals surface area contributed by atoms with Gasteiger partial charge >= 0.3 is 0 Å². The van der Waals surface area contributed by atoms with Gasteiger partial charge in [0.2, 0.25) is 0 Å². The Balaban J connectivity index is 2.31. The van der Waals surface area contributed by atoms with E-state index in [1.165, 1.54) is 0 Å². The Bertz CT molecular complexity index is 516. The summed E-state index contributed by atoms with van der Waals surface area (Å²) in [7, 11) is 3.57. The molecule has 0 saturated carbocycles. The molecule has 0 aliphatic heterocycles. The van der Waals surface area contributed by atoms with Crippen molar-refractivity contribution in [1.29, 1.82) is 0 Å². The molecule has 0 N–H and O–H groups in total. The van der Waals surface area contributed by atoms with Crippen LogP contribution in [0.5, 0.6) is 5.75 Å². The van der Waals surface area contributed by atoms with E-state index < -0.39 is 0 Å². The lowest BCUT2D eigenvalue weighted by Crippen LogP contribution is -2.12. The lowest BCUT2D eigenvalue weighted by Gasteiger charge is -2.20. The molecular weight excluding hydrogens is 250 g/mol. The Morgan fingerprint density at radius 2 is 2.00 bits per heavy atom. The largest absolute Gasteiger partial charge is 0.495 e. The maximum atomic E-state index is 5.69. The van der Waals surface area contributed by atoms with Crippen molar-refractivity contribution in [3.8, 4) is 5.75 Å². The van der Waals surface area contributed by atoms with Gasteiger partial charge in [0.1, 0.15) is 5.75 Å². The Labute approximate surface area is 111 Å². The standard InChI is InChI=1S/C13H14ClN3O/c1-17(11-5-3-4-6-12(11)18-2)13-9-15-10(7-14)8-16-13/h3-6,8-9H,7H2,1-2H3. The van der Waals surface area contributed by atoms with Crippen LogP contribution in [0.15, 0.2) is 36.7 Å². The van der Waals surface area contributed by atoms with E-state index >= 15 is 0 Å². The number of anilines is 2. The van der Waals surface area contributed by atoms with Crippen molar-refractivity contribution in [3.63, 3.8) is 0 Å². The van der Waals surface area contributed by atoms with Gasteiger partial charge in [-0.2, -0.15) is 0 Å². The summed E-state index contributed by atoms with van der Waals surface area (Å²) in [5.41, 5.74) is 1.70. The van der Waals surface area contributed by atoms with Gasteiger partial charge < -0.3 is 9.64 Å². The number of para-hydroxylation sites is 2. The van der Waals surface area contributed by atoms with Crippen molar-refractivity contribution in [2.45, 2.75) is 5.88 Å². The highest BCUT2D eigenvalue weighted by atomic mass is 35.5. The molecule has 0 atom stereocenters. The fourth-order valence-corrected chi connectivity index (χ4v) is 1.76. The van der Waals surface area contributed by atoms with Gasteiger partial charge in [-0.05, 0) is 12.1 Å². The fraction of sp³-hybridized carbons (Fsp3) is 0.231. The molecule has 0 fully saturated rings. The molecular formula is C13H14ClN3O. The van der Waals surface area contributed by atoms with E-state index in [1.807, 2.05) is 36.2 Å². The summed E-state index contributed by atoms with van der Waals surface area (Å²) in [5.74, 6) is 1.91. The Morgan fingerprint density at radius 1 is 1.22 bits per heavy atom. The number of rotatable bonds is 4. The first-order chi connectivity index (χ1) is 8.76. The lowest BCUT2D eigenvalue weighted by atomic mass is 10.2. The number of hydrogen-bond acceptors (Lipinski definition) is 4. The number of halogens is 1. The topological polar surface area (TPSA) is 38.2 Å². The molecule has 1 heterocycles. The van der Waals surface area contributed by atoms with E-state index in [0.29, 0.717) is 5.88 Å². The molecule has 0 unspecified atom stereocenters. The molecule has 1 aromatic heterocycles. The molecule has 2 rings (SSSR count). The predicted octanol–water partition coefficient (Wildman–Crippen LogP) is 2.99. The van der Waals surface area contributed by atoms with E-state index in [1.54, 1.807) is 19.5 Å². The number of ether oxygens (including phenoxy) is 1. The first-order valence-corrected chi connectivity index (χ1v) is 6.03. The summed E-state index contributed by atoms with van der Waals surface area (Å²) in [4.78, 5) is 10.5. The van der Waals surface area contributed by atoms with Crippen LogP contribution in [0.4, 0.5) is 11.5 Å². The van der Waals surface area contributed by atoms with Crippen LogP contribution in [0.1, 0.15) is 5.69 Å². The van der Waals surface area contributed by atoms with Crippen molar-refractivity contribution in [1.82, 2.24) is 9.97 Å². The van der Waals surface area contributed by atoms with E-state index in [2.05, 4.69) is 9.97 Å². The van der Waals surface area contributed by atoms with Gasteiger partial charge in [-0.3, -0.25) is 4.98 Å². The molecule has 2 aromatic rings. The van der Waals surface area contributed by atoms with Crippen molar-refractivity contribution < 1.29 is 4.74 Å². The molecule has 0 aliphatic rings. The smallest absolute Gasteiger partial charge is 0.151 e. The Hall–Kier alpha value is -1.81. The summed E-state index contributed by atoms with van der Waals surface area (Å²) in [6.07, 6.45) is 3.37. The van der Waals surface area contributed by atoms with Crippen LogP contribution in [0, 0.1) is 0 Å². The first kappa shape index (κ1) is 12.6.